The molecule has 0 bridgehead atoms. The molecule has 0 fully saturated rings. The Kier molecular flexibility index (Phi) is 3.79. The van der Waals surface area contributed by atoms with Crippen LogP contribution in [0.4, 0.5) is 0 Å². The molecular formula is C23H18N4O. The Labute approximate surface area is 161 Å². The molecule has 5 aromatic rings. The van der Waals surface area contributed by atoms with Gasteiger partial charge in [-0.1, -0.05) is 60.2 Å². The molecule has 0 N–H and O–H groups in total. The van der Waals surface area contributed by atoms with Crippen molar-refractivity contribution in [3.05, 3.63) is 101 Å². The predicted molar refractivity (Wildman–Crippen MR) is 110 cm³/mol. The Morgan fingerprint density at radius 3 is 2.50 bits per heavy atom. The van der Waals surface area contributed by atoms with E-state index in [1.807, 2.05) is 54.7 Å². The van der Waals surface area contributed by atoms with E-state index in [1.54, 1.807) is 21.5 Å². The summed E-state index contributed by atoms with van der Waals surface area (Å²) in [6.45, 7) is 2.58. The molecular weight excluding hydrogens is 348 g/mol. The molecule has 28 heavy (non-hydrogen) atoms. The summed E-state index contributed by atoms with van der Waals surface area (Å²) < 4.78 is 3.46. The summed E-state index contributed by atoms with van der Waals surface area (Å²) >= 11 is 0. The number of benzene rings is 2. The van der Waals surface area contributed by atoms with Crippen molar-refractivity contribution in [2.75, 3.05) is 0 Å². The predicted octanol–water partition coefficient (Wildman–Crippen LogP) is 4.07. The minimum Gasteiger partial charge on any atom is -0.310 e. The third kappa shape index (κ3) is 2.68. The van der Waals surface area contributed by atoms with Crippen molar-refractivity contribution in [3.8, 4) is 11.1 Å². The fourth-order valence-electron chi connectivity index (χ4n) is 3.49. The van der Waals surface area contributed by atoms with Gasteiger partial charge in [0.15, 0.2) is 5.65 Å². The fraction of sp³-hybridized carbons (Fsp3) is 0.0870. The van der Waals surface area contributed by atoms with Crippen LogP contribution in [-0.2, 0) is 6.54 Å². The van der Waals surface area contributed by atoms with Crippen LogP contribution in [-0.4, -0.2) is 19.2 Å². The van der Waals surface area contributed by atoms with E-state index in [-0.39, 0.29) is 5.56 Å². The minimum atomic E-state index is -0.0655. The van der Waals surface area contributed by atoms with Crippen molar-refractivity contribution in [1.82, 2.24) is 19.2 Å². The molecule has 2 aromatic carbocycles. The Balaban J connectivity index is 1.63. The second-order valence-electron chi connectivity index (χ2n) is 6.95. The summed E-state index contributed by atoms with van der Waals surface area (Å²) in [5.74, 6) is 0. The number of rotatable bonds is 3. The van der Waals surface area contributed by atoms with Gasteiger partial charge in [0, 0.05) is 18.0 Å². The smallest absolute Gasteiger partial charge is 0.261 e. The molecule has 0 radical (unpaired) electrons. The number of pyridine rings is 1. The lowest BCUT2D eigenvalue weighted by atomic mass is 10.1. The second kappa shape index (κ2) is 6.46. The highest BCUT2D eigenvalue weighted by atomic mass is 16.1. The average molecular weight is 366 g/mol. The lowest BCUT2D eigenvalue weighted by Crippen LogP contribution is -2.21. The van der Waals surface area contributed by atoms with Crippen molar-refractivity contribution in [2.45, 2.75) is 13.5 Å². The molecule has 5 heteroatoms. The van der Waals surface area contributed by atoms with Gasteiger partial charge < -0.3 is 4.57 Å². The summed E-state index contributed by atoms with van der Waals surface area (Å²) in [5.41, 5.74) is 5.74. The van der Waals surface area contributed by atoms with E-state index in [1.165, 1.54) is 5.56 Å². The maximum atomic E-state index is 13.0. The molecule has 5 rings (SSSR count). The van der Waals surface area contributed by atoms with E-state index >= 15 is 0 Å². The molecule has 0 aliphatic carbocycles. The van der Waals surface area contributed by atoms with E-state index in [0.717, 1.165) is 27.9 Å². The monoisotopic (exact) mass is 366 g/mol. The van der Waals surface area contributed by atoms with Crippen LogP contribution in [0.15, 0.2) is 84.0 Å². The lowest BCUT2D eigenvalue weighted by Gasteiger charge is -2.09. The number of aromatic nitrogens is 4. The van der Waals surface area contributed by atoms with Crippen LogP contribution in [0.3, 0.4) is 0 Å². The van der Waals surface area contributed by atoms with Gasteiger partial charge in [-0.3, -0.25) is 4.79 Å². The van der Waals surface area contributed by atoms with E-state index in [0.29, 0.717) is 11.9 Å². The van der Waals surface area contributed by atoms with Crippen LogP contribution >= 0.6 is 0 Å². The Morgan fingerprint density at radius 1 is 0.929 bits per heavy atom. The van der Waals surface area contributed by atoms with Crippen molar-refractivity contribution in [2.24, 2.45) is 0 Å². The van der Waals surface area contributed by atoms with E-state index in [4.69, 9.17) is 0 Å². The van der Waals surface area contributed by atoms with Gasteiger partial charge in [0.25, 0.3) is 5.56 Å². The molecule has 3 heterocycles. The van der Waals surface area contributed by atoms with Crippen molar-refractivity contribution < 1.29 is 0 Å². The highest BCUT2D eigenvalue weighted by molar-refractivity contribution is 5.84. The number of aryl methyl sites for hydroxylation is 1. The first-order valence-electron chi connectivity index (χ1n) is 9.17. The largest absolute Gasteiger partial charge is 0.310 e. The molecule has 136 valence electrons. The Morgan fingerprint density at radius 2 is 1.71 bits per heavy atom. The Hall–Kier alpha value is -3.73. The number of hydrogen-bond donors (Lipinski definition) is 0. The van der Waals surface area contributed by atoms with Gasteiger partial charge in [-0.05, 0) is 24.1 Å². The van der Waals surface area contributed by atoms with Gasteiger partial charge in [-0.25, -0.2) is 9.50 Å². The molecule has 0 saturated carbocycles. The van der Waals surface area contributed by atoms with Gasteiger partial charge in [-0.2, -0.15) is 5.10 Å². The zero-order valence-corrected chi connectivity index (χ0v) is 15.4. The summed E-state index contributed by atoms with van der Waals surface area (Å²) in [6.07, 6.45) is 5.29. The van der Waals surface area contributed by atoms with Crippen LogP contribution < -0.4 is 5.56 Å². The van der Waals surface area contributed by atoms with Gasteiger partial charge in [0.2, 0.25) is 0 Å². The molecule has 0 spiro atoms. The van der Waals surface area contributed by atoms with Crippen LogP contribution in [0.1, 0.15) is 11.1 Å². The quantitative estimate of drug-likeness (QED) is 0.484. The molecule has 0 amide bonds. The normalized spacial score (nSPS) is 11.3. The zero-order valence-electron chi connectivity index (χ0n) is 15.4. The zero-order chi connectivity index (χ0) is 19.1. The first kappa shape index (κ1) is 16.4. The van der Waals surface area contributed by atoms with E-state index in [2.05, 4.69) is 29.1 Å². The van der Waals surface area contributed by atoms with Crippen LogP contribution in [0.25, 0.3) is 27.7 Å². The standard InChI is InChI=1S/C23H18N4O/c1-16-7-9-17(10-8-16)15-26-12-11-21-20(23(26)28)13-24-22-19(14-25-27(21)22)18-5-3-2-4-6-18/h2-14H,15H2,1H3. The SMILES string of the molecule is Cc1ccc(Cn2ccc3c(cnc4c(-c5ccccc5)cnn43)c2=O)cc1. The number of nitrogens with zero attached hydrogens (tertiary/aromatic N) is 4. The van der Waals surface area contributed by atoms with E-state index in [9.17, 15) is 4.79 Å². The molecule has 3 aromatic heterocycles. The van der Waals surface area contributed by atoms with Crippen molar-refractivity contribution in [1.29, 1.82) is 0 Å². The van der Waals surface area contributed by atoms with Gasteiger partial charge in [0.1, 0.15) is 0 Å². The Bertz CT molecular complexity index is 1350. The first-order chi connectivity index (χ1) is 13.7. The third-order valence-corrected chi connectivity index (χ3v) is 5.03. The number of fused-ring (bicyclic) bond motifs is 3. The summed E-state index contributed by atoms with van der Waals surface area (Å²) in [5, 5.41) is 5.05. The maximum Gasteiger partial charge on any atom is 0.261 e. The molecule has 0 atom stereocenters. The summed E-state index contributed by atoms with van der Waals surface area (Å²) in [6, 6.07) is 20.2. The topological polar surface area (TPSA) is 52.2 Å². The molecule has 0 unspecified atom stereocenters. The first-order valence-corrected chi connectivity index (χ1v) is 9.17. The summed E-state index contributed by atoms with van der Waals surface area (Å²) in [4.78, 5) is 17.6. The molecule has 5 nitrogen and oxygen atoms in total. The van der Waals surface area contributed by atoms with Crippen LogP contribution in [0.5, 0.6) is 0 Å². The van der Waals surface area contributed by atoms with Gasteiger partial charge in [0.05, 0.1) is 23.6 Å². The molecule has 0 aliphatic rings. The van der Waals surface area contributed by atoms with E-state index < -0.39 is 0 Å². The average Bonchev–Trinajstić information content (AvgIpc) is 3.17. The highest BCUT2D eigenvalue weighted by Crippen LogP contribution is 2.24. The third-order valence-electron chi connectivity index (χ3n) is 5.03. The maximum absolute atomic E-state index is 13.0. The second-order valence-corrected chi connectivity index (χ2v) is 6.95. The van der Waals surface area contributed by atoms with Crippen molar-refractivity contribution in [3.63, 3.8) is 0 Å². The lowest BCUT2D eigenvalue weighted by molar-refractivity contribution is 0.765. The molecule has 0 saturated heterocycles. The highest BCUT2D eigenvalue weighted by Gasteiger charge is 2.12. The van der Waals surface area contributed by atoms with Crippen molar-refractivity contribution >= 4 is 16.6 Å². The van der Waals surface area contributed by atoms with Gasteiger partial charge in [-0.15, -0.1) is 0 Å². The van der Waals surface area contributed by atoms with Gasteiger partial charge >= 0.3 is 0 Å². The van der Waals surface area contributed by atoms with Crippen LogP contribution in [0.2, 0.25) is 0 Å². The fourth-order valence-corrected chi connectivity index (χ4v) is 3.49. The number of hydrogen-bond acceptors (Lipinski definition) is 3. The molecule has 0 aliphatic heterocycles. The minimum absolute atomic E-state index is 0.0655. The van der Waals surface area contributed by atoms with Crippen LogP contribution in [0, 0.1) is 6.92 Å². The summed E-state index contributed by atoms with van der Waals surface area (Å²) in [7, 11) is 0.